The molecule has 3 aromatic rings. The van der Waals surface area contributed by atoms with Crippen LogP contribution in [0.1, 0.15) is 18.4 Å². The Morgan fingerprint density at radius 1 is 1.09 bits per heavy atom. The van der Waals surface area contributed by atoms with Crippen LogP contribution in [0.15, 0.2) is 67.0 Å². The molecule has 7 heteroatoms. The van der Waals surface area contributed by atoms with E-state index in [9.17, 15) is 4.79 Å². The fraction of sp³-hybridized carbons (Fsp3) is 0.280. The summed E-state index contributed by atoms with van der Waals surface area (Å²) in [4.78, 5) is 22.6. The number of anilines is 1. The summed E-state index contributed by atoms with van der Waals surface area (Å²) < 4.78 is 10.9. The lowest BCUT2D eigenvalue weighted by molar-refractivity contribution is -0.141. The Bertz CT molecular complexity index is 1080. The van der Waals surface area contributed by atoms with Gasteiger partial charge in [-0.2, -0.15) is 5.26 Å². The predicted molar refractivity (Wildman–Crippen MR) is 120 cm³/mol. The molecule has 32 heavy (non-hydrogen) atoms. The van der Waals surface area contributed by atoms with Crippen molar-refractivity contribution in [2.45, 2.75) is 18.9 Å². The average molecular weight is 428 g/mol. The first-order chi connectivity index (χ1) is 15.7. The molecule has 0 radical (unpaired) electrons. The molecular formula is C25H24N4O3. The minimum absolute atomic E-state index is 0.0604. The molecule has 0 aliphatic carbocycles. The summed E-state index contributed by atoms with van der Waals surface area (Å²) in [6, 6.07) is 19.4. The zero-order valence-electron chi connectivity index (χ0n) is 17.8. The number of esters is 1. The Labute approximate surface area is 187 Å². The predicted octanol–water partition coefficient (Wildman–Crippen LogP) is 3.85. The number of hydrogen-bond donors (Lipinski definition) is 0. The van der Waals surface area contributed by atoms with E-state index in [-0.39, 0.29) is 17.9 Å². The molecule has 2 aromatic carbocycles. The maximum Gasteiger partial charge on any atom is 0.305 e. The van der Waals surface area contributed by atoms with Crippen LogP contribution in [0.4, 0.5) is 5.95 Å². The van der Waals surface area contributed by atoms with Crippen LogP contribution in [0, 0.1) is 17.2 Å². The monoisotopic (exact) mass is 428 g/mol. The summed E-state index contributed by atoms with van der Waals surface area (Å²) in [6.07, 6.45) is 4.61. The third kappa shape index (κ3) is 5.03. The molecule has 1 aliphatic heterocycles. The molecule has 0 unspecified atom stereocenters. The van der Waals surface area contributed by atoms with Crippen molar-refractivity contribution >= 4 is 11.9 Å². The van der Waals surface area contributed by atoms with Gasteiger partial charge in [0.2, 0.25) is 5.95 Å². The molecule has 7 nitrogen and oxygen atoms in total. The molecule has 0 bridgehead atoms. The van der Waals surface area contributed by atoms with Gasteiger partial charge in [-0.3, -0.25) is 4.79 Å². The number of methoxy groups -OCH3 is 1. The number of nitriles is 1. The van der Waals surface area contributed by atoms with Gasteiger partial charge in [0.1, 0.15) is 12.4 Å². The smallest absolute Gasteiger partial charge is 0.305 e. The second kappa shape index (κ2) is 9.92. The van der Waals surface area contributed by atoms with Crippen molar-refractivity contribution in [3.63, 3.8) is 0 Å². The molecule has 1 fully saturated rings. The highest BCUT2D eigenvalue weighted by Gasteiger charge is 2.35. The summed E-state index contributed by atoms with van der Waals surface area (Å²) in [6.45, 7) is 1.15. The second-order valence-corrected chi connectivity index (χ2v) is 7.76. The van der Waals surface area contributed by atoms with Crippen LogP contribution in [0.5, 0.6) is 5.75 Å². The van der Waals surface area contributed by atoms with Gasteiger partial charge in [-0.1, -0.05) is 24.3 Å². The van der Waals surface area contributed by atoms with Crippen molar-refractivity contribution in [1.82, 2.24) is 9.97 Å². The van der Waals surface area contributed by atoms with Gasteiger partial charge in [0.15, 0.2) is 0 Å². The SMILES string of the molecule is COC(=O)C[C@@H]1C[C@@H](COc2ccc(-c3ccc(C#N)cc3)cc2)N(c2ncccn2)C1. The van der Waals surface area contributed by atoms with Gasteiger partial charge in [0.25, 0.3) is 0 Å². The van der Waals surface area contributed by atoms with Crippen molar-refractivity contribution in [2.75, 3.05) is 25.2 Å². The van der Waals surface area contributed by atoms with Gasteiger partial charge in [0, 0.05) is 18.9 Å². The van der Waals surface area contributed by atoms with E-state index in [0.717, 1.165) is 23.3 Å². The number of ether oxygens (including phenoxy) is 2. The first kappa shape index (κ1) is 21.3. The number of rotatable bonds is 7. The molecular weight excluding hydrogens is 404 g/mol. The minimum Gasteiger partial charge on any atom is -0.491 e. The van der Waals surface area contributed by atoms with E-state index >= 15 is 0 Å². The lowest BCUT2D eigenvalue weighted by Crippen LogP contribution is -2.35. The van der Waals surface area contributed by atoms with E-state index in [4.69, 9.17) is 14.7 Å². The number of carbonyl (C=O) groups excluding carboxylic acids is 1. The van der Waals surface area contributed by atoms with Gasteiger partial charge in [-0.25, -0.2) is 9.97 Å². The summed E-state index contributed by atoms with van der Waals surface area (Å²) in [5.74, 6) is 1.37. The highest BCUT2D eigenvalue weighted by Crippen LogP contribution is 2.30. The quantitative estimate of drug-likeness (QED) is 0.528. The van der Waals surface area contributed by atoms with Gasteiger partial charge >= 0.3 is 5.97 Å². The topological polar surface area (TPSA) is 88.3 Å². The largest absolute Gasteiger partial charge is 0.491 e. The molecule has 2 atom stereocenters. The number of benzene rings is 2. The van der Waals surface area contributed by atoms with Crippen LogP contribution in [0.3, 0.4) is 0 Å². The van der Waals surface area contributed by atoms with Gasteiger partial charge < -0.3 is 14.4 Å². The zero-order valence-corrected chi connectivity index (χ0v) is 17.8. The fourth-order valence-electron chi connectivity index (χ4n) is 4.00. The minimum atomic E-state index is -0.205. The maximum absolute atomic E-state index is 11.8. The molecule has 1 aromatic heterocycles. The zero-order chi connectivity index (χ0) is 22.3. The molecule has 162 valence electrons. The summed E-state index contributed by atoms with van der Waals surface area (Å²) in [5.41, 5.74) is 2.74. The second-order valence-electron chi connectivity index (χ2n) is 7.76. The van der Waals surface area contributed by atoms with Crippen molar-refractivity contribution < 1.29 is 14.3 Å². The molecule has 0 N–H and O–H groups in total. The maximum atomic E-state index is 11.8. The van der Waals surface area contributed by atoms with Gasteiger partial charge in [-0.05, 0) is 53.8 Å². The highest BCUT2D eigenvalue weighted by atomic mass is 16.5. The van der Waals surface area contributed by atoms with E-state index < -0.39 is 0 Å². The number of nitrogens with zero attached hydrogens (tertiary/aromatic N) is 4. The van der Waals surface area contributed by atoms with Crippen LogP contribution >= 0.6 is 0 Å². The number of aromatic nitrogens is 2. The third-order valence-electron chi connectivity index (χ3n) is 5.64. The summed E-state index contributed by atoms with van der Waals surface area (Å²) in [7, 11) is 1.41. The molecule has 0 amide bonds. The summed E-state index contributed by atoms with van der Waals surface area (Å²) in [5, 5.41) is 8.95. The van der Waals surface area contributed by atoms with E-state index in [1.165, 1.54) is 7.11 Å². The molecule has 2 heterocycles. The van der Waals surface area contributed by atoms with E-state index in [2.05, 4.69) is 20.9 Å². The normalized spacial score (nSPS) is 17.6. The number of carbonyl (C=O) groups is 1. The Morgan fingerprint density at radius 3 is 2.38 bits per heavy atom. The third-order valence-corrected chi connectivity index (χ3v) is 5.64. The van der Waals surface area contributed by atoms with Crippen molar-refractivity contribution in [1.29, 1.82) is 5.26 Å². The number of hydrogen-bond acceptors (Lipinski definition) is 7. The molecule has 0 saturated carbocycles. The lowest BCUT2D eigenvalue weighted by Gasteiger charge is -2.24. The van der Waals surface area contributed by atoms with Crippen molar-refractivity contribution in [3.05, 3.63) is 72.6 Å². The van der Waals surface area contributed by atoms with Crippen LogP contribution in [0.25, 0.3) is 11.1 Å². The summed E-state index contributed by atoms with van der Waals surface area (Å²) >= 11 is 0. The Hall–Kier alpha value is -3.92. The lowest BCUT2D eigenvalue weighted by atomic mass is 10.0. The van der Waals surface area contributed by atoms with Crippen LogP contribution in [0.2, 0.25) is 0 Å². The van der Waals surface area contributed by atoms with Crippen LogP contribution in [-0.4, -0.2) is 42.2 Å². The standard InChI is InChI=1S/C25H24N4O3/c1-31-24(30)14-19-13-22(29(16-19)25-27-11-2-12-28-25)17-32-23-9-7-21(8-10-23)20-5-3-18(15-26)4-6-20/h2-12,19,22H,13-14,16-17H2,1H3/t19-,22-/m0/s1. The van der Waals surface area contributed by atoms with E-state index in [1.54, 1.807) is 18.5 Å². The molecule has 0 spiro atoms. The van der Waals surface area contributed by atoms with Gasteiger partial charge in [-0.15, -0.1) is 0 Å². The van der Waals surface area contributed by atoms with Crippen molar-refractivity contribution in [2.24, 2.45) is 5.92 Å². The Kier molecular flexibility index (Phi) is 6.61. The molecule has 1 aliphatic rings. The van der Waals surface area contributed by atoms with Crippen LogP contribution < -0.4 is 9.64 Å². The van der Waals surface area contributed by atoms with E-state index in [0.29, 0.717) is 31.1 Å². The highest BCUT2D eigenvalue weighted by molar-refractivity contribution is 5.69. The van der Waals surface area contributed by atoms with Gasteiger partial charge in [0.05, 0.1) is 31.2 Å². The van der Waals surface area contributed by atoms with Crippen LogP contribution in [-0.2, 0) is 9.53 Å². The molecule has 4 rings (SSSR count). The first-order valence-electron chi connectivity index (χ1n) is 10.5. The molecule has 1 saturated heterocycles. The fourth-order valence-corrected chi connectivity index (χ4v) is 4.00. The average Bonchev–Trinajstić information content (AvgIpc) is 3.26. The first-order valence-corrected chi connectivity index (χ1v) is 10.5. The van der Waals surface area contributed by atoms with E-state index in [1.807, 2.05) is 48.5 Å². The Balaban J connectivity index is 1.42. The Morgan fingerprint density at radius 2 is 1.75 bits per heavy atom. The van der Waals surface area contributed by atoms with Crippen molar-refractivity contribution in [3.8, 4) is 22.9 Å².